The third-order valence-electron chi connectivity index (χ3n) is 4.97. The van der Waals surface area contributed by atoms with E-state index in [4.69, 9.17) is 28.3 Å². The number of carboxylic acids is 1. The zero-order valence-corrected chi connectivity index (χ0v) is 22.0. The normalized spacial score (nSPS) is 13.0. The highest BCUT2D eigenvalue weighted by Gasteiger charge is 2.25. The van der Waals surface area contributed by atoms with E-state index in [-0.39, 0.29) is 10.5 Å². The molecule has 0 aliphatic heterocycles. The smallest absolute Gasteiger partial charge is 0.303 e. The lowest BCUT2D eigenvalue weighted by molar-refractivity contribution is -0.137. The van der Waals surface area contributed by atoms with Crippen LogP contribution in [0.4, 0.5) is 4.39 Å². The second-order valence-electron chi connectivity index (χ2n) is 7.97. The van der Waals surface area contributed by atoms with E-state index in [2.05, 4.69) is 12.2 Å². The minimum Gasteiger partial charge on any atom is -0.481 e. The molecule has 1 rings (SSSR count). The van der Waals surface area contributed by atoms with Crippen molar-refractivity contribution in [3.63, 3.8) is 0 Å². The number of hydrogen-bond acceptors (Lipinski definition) is 5. The van der Waals surface area contributed by atoms with E-state index in [1.807, 2.05) is 0 Å². The summed E-state index contributed by atoms with van der Waals surface area (Å²) in [6.07, 6.45) is 9.74. The van der Waals surface area contributed by atoms with Gasteiger partial charge in [-0.3, -0.25) is 9.59 Å². The Labute approximate surface area is 212 Å². The summed E-state index contributed by atoms with van der Waals surface area (Å²) >= 11 is 10.7. The molecule has 11 heteroatoms. The van der Waals surface area contributed by atoms with Gasteiger partial charge in [0, 0.05) is 12.7 Å². The number of sulfone groups is 1. The minimum absolute atomic E-state index is 0.0702. The zero-order chi connectivity index (χ0) is 26.1. The van der Waals surface area contributed by atoms with Crippen LogP contribution < -0.4 is 5.32 Å². The number of benzene rings is 1. The summed E-state index contributed by atoms with van der Waals surface area (Å²) in [5.41, 5.74) is 0.256. The molecule has 0 unspecified atom stereocenters. The second kappa shape index (κ2) is 17.9. The maximum Gasteiger partial charge on any atom is 0.303 e. The molecule has 0 heterocycles. The van der Waals surface area contributed by atoms with Crippen LogP contribution in [0.25, 0.3) is 0 Å². The number of rotatable bonds is 15. The van der Waals surface area contributed by atoms with Gasteiger partial charge in [-0.15, -0.1) is 0 Å². The van der Waals surface area contributed by atoms with Crippen LogP contribution in [-0.4, -0.2) is 54.3 Å². The number of aliphatic hydroxyl groups excluding tert-OH is 1. The molecule has 0 aliphatic rings. The summed E-state index contributed by atoms with van der Waals surface area (Å²) in [6, 6.07) is 4.03. The number of amides is 1. The monoisotopic (exact) mass is 543 g/mol. The largest absolute Gasteiger partial charge is 0.481 e. The highest BCUT2D eigenvalue weighted by Crippen LogP contribution is 2.20. The number of halogens is 3. The van der Waals surface area contributed by atoms with Gasteiger partial charge >= 0.3 is 5.97 Å². The molecule has 196 valence electrons. The Bertz CT molecular complexity index is 821. The van der Waals surface area contributed by atoms with Gasteiger partial charge in [0.25, 0.3) is 5.91 Å². The van der Waals surface area contributed by atoms with Crippen molar-refractivity contribution in [2.45, 2.75) is 86.6 Å². The number of alkyl halides is 3. The van der Waals surface area contributed by atoms with E-state index in [1.165, 1.54) is 62.8 Å². The molecule has 1 amide bonds. The standard InChI is InChI=1S/C12H14Cl2FNO4S.C11H22O2/c1-21(19,20)8-4-2-7(3-5-8)10(17)9(6-15)16-12(18)11(13)14;1-2-3-4-5-6-7-8-9-10-11(12)13/h2-5,9-11,17H,6H2,1H3,(H,16,18);2-10H2,1H3,(H,12,13)/t9-,10-;/m1./s1. The van der Waals surface area contributed by atoms with Crippen LogP contribution in [-0.2, 0) is 19.4 Å². The van der Waals surface area contributed by atoms with Gasteiger partial charge in [0.1, 0.15) is 12.8 Å². The molecular weight excluding hydrogens is 508 g/mol. The quantitative estimate of drug-likeness (QED) is 0.212. The highest BCUT2D eigenvalue weighted by molar-refractivity contribution is 7.90. The Balaban J connectivity index is 0.000000722. The molecule has 0 fully saturated rings. The number of hydrogen-bond donors (Lipinski definition) is 3. The van der Waals surface area contributed by atoms with Crippen LogP contribution >= 0.6 is 23.2 Å². The fourth-order valence-corrected chi connectivity index (χ4v) is 3.76. The number of aliphatic carboxylic acids is 1. The number of carboxylic acid groups (broad SMARTS) is 1. The third-order valence-corrected chi connectivity index (χ3v) is 6.49. The van der Waals surface area contributed by atoms with Crippen molar-refractivity contribution < 1.29 is 32.6 Å². The average molecular weight is 545 g/mol. The molecule has 0 spiro atoms. The van der Waals surface area contributed by atoms with Gasteiger partial charge in [-0.1, -0.05) is 87.2 Å². The first-order chi connectivity index (χ1) is 15.9. The van der Waals surface area contributed by atoms with Crippen molar-refractivity contribution in [1.82, 2.24) is 5.32 Å². The van der Waals surface area contributed by atoms with Crippen LogP contribution in [0.3, 0.4) is 0 Å². The number of carbonyl (C=O) groups is 2. The first-order valence-electron chi connectivity index (χ1n) is 11.3. The third kappa shape index (κ3) is 14.8. The predicted octanol–water partition coefficient (Wildman–Crippen LogP) is 4.98. The fraction of sp³-hybridized carbons (Fsp3) is 0.652. The Morgan fingerprint density at radius 3 is 1.91 bits per heavy atom. The van der Waals surface area contributed by atoms with Gasteiger partial charge in [-0.2, -0.15) is 0 Å². The minimum atomic E-state index is -3.36. The van der Waals surface area contributed by atoms with Crippen molar-refractivity contribution >= 4 is 44.9 Å². The maximum absolute atomic E-state index is 12.9. The molecule has 1 aromatic carbocycles. The average Bonchev–Trinajstić information content (AvgIpc) is 2.78. The lowest BCUT2D eigenvalue weighted by Crippen LogP contribution is -2.43. The first kappa shape index (κ1) is 32.6. The number of unbranched alkanes of at least 4 members (excludes halogenated alkanes) is 7. The molecule has 0 aliphatic carbocycles. The molecule has 0 radical (unpaired) electrons. The van der Waals surface area contributed by atoms with Crippen molar-refractivity contribution in [3.05, 3.63) is 29.8 Å². The van der Waals surface area contributed by atoms with Gasteiger partial charge in [0.2, 0.25) is 0 Å². The molecule has 34 heavy (non-hydrogen) atoms. The molecular formula is C23H36Cl2FNO6S. The van der Waals surface area contributed by atoms with Gasteiger partial charge in [-0.05, 0) is 24.1 Å². The van der Waals surface area contributed by atoms with E-state index in [9.17, 15) is 27.5 Å². The molecule has 1 aromatic rings. The van der Waals surface area contributed by atoms with Gasteiger partial charge in [0.05, 0.1) is 10.9 Å². The second-order valence-corrected chi connectivity index (χ2v) is 11.1. The molecule has 0 bridgehead atoms. The Hall–Kier alpha value is -1.42. The highest BCUT2D eigenvalue weighted by atomic mass is 35.5. The SMILES string of the molecule is CCCCCCCCCCC(=O)O.CS(=O)(=O)c1ccc([C@@H](O)[C@@H](CF)NC(=O)C(Cl)Cl)cc1. The van der Waals surface area contributed by atoms with Crippen molar-refractivity contribution in [3.8, 4) is 0 Å². The summed E-state index contributed by atoms with van der Waals surface area (Å²) in [5.74, 6) is -1.49. The molecule has 0 saturated carbocycles. The molecule has 0 saturated heterocycles. The van der Waals surface area contributed by atoms with E-state index < -0.39 is 45.4 Å². The number of nitrogens with one attached hydrogen (secondary N) is 1. The first-order valence-corrected chi connectivity index (χ1v) is 14.0. The molecule has 0 aromatic heterocycles. The van der Waals surface area contributed by atoms with Gasteiger partial charge < -0.3 is 15.5 Å². The Kier molecular flexibility index (Phi) is 17.2. The summed E-state index contributed by atoms with van der Waals surface area (Å²) in [7, 11) is -3.36. The van der Waals surface area contributed by atoms with Crippen LogP contribution in [0.1, 0.15) is 76.4 Å². The number of carbonyl (C=O) groups excluding carboxylic acids is 1. The molecule has 2 atom stereocenters. The Morgan fingerprint density at radius 2 is 1.50 bits per heavy atom. The van der Waals surface area contributed by atoms with Gasteiger partial charge in [-0.25, -0.2) is 12.8 Å². The zero-order valence-electron chi connectivity index (χ0n) is 19.7. The van der Waals surface area contributed by atoms with Crippen molar-refractivity contribution in [2.75, 3.05) is 12.9 Å². The van der Waals surface area contributed by atoms with Gasteiger partial charge in [0.15, 0.2) is 14.7 Å². The van der Waals surface area contributed by atoms with Crippen LogP contribution in [0, 0.1) is 0 Å². The topological polar surface area (TPSA) is 121 Å². The molecule has 3 N–H and O–H groups in total. The summed E-state index contributed by atoms with van der Waals surface area (Å²) in [5, 5.41) is 20.6. The summed E-state index contributed by atoms with van der Waals surface area (Å²) in [6.45, 7) is 1.17. The van der Waals surface area contributed by atoms with Crippen LogP contribution in [0.15, 0.2) is 29.2 Å². The van der Waals surface area contributed by atoms with Crippen molar-refractivity contribution in [1.29, 1.82) is 0 Å². The van der Waals surface area contributed by atoms with E-state index in [0.717, 1.165) is 19.1 Å². The van der Waals surface area contributed by atoms with Crippen LogP contribution in [0.2, 0.25) is 0 Å². The Morgan fingerprint density at radius 1 is 1.00 bits per heavy atom. The lowest BCUT2D eigenvalue weighted by atomic mass is 10.0. The lowest BCUT2D eigenvalue weighted by Gasteiger charge is -2.22. The molecule has 7 nitrogen and oxygen atoms in total. The van der Waals surface area contributed by atoms with E-state index in [0.29, 0.717) is 6.42 Å². The summed E-state index contributed by atoms with van der Waals surface area (Å²) in [4.78, 5) is 20.2. The fourth-order valence-electron chi connectivity index (χ4n) is 3.00. The van der Waals surface area contributed by atoms with E-state index >= 15 is 0 Å². The van der Waals surface area contributed by atoms with E-state index in [1.54, 1.807) is 0 Å². The van der Waals surface area contributed by atoms with Crippen molar-refractivity contribution in [2.24, 2.45) is 0 Å². The summed E-state index contributed by atoms with van der Waals surface area (Å²) < 4.78 is 35.6. The predicted molar refractivity (Wildman–Crippen MR) is 133 cm³/mol. The van der Waals surface area contributed by atoms with Crippen LogP contribution in [0.5, 0.6) is 0 Å². The number of aliphatic hydroxyl groups is 1. The maximum atomic E-state index is 12.9.